The fourth-order valence-corrected chi connectivity index (χ4v) is 4.40. The lowest BCUT2D eigenvalue weighted by atomic mass is 9.92. The average molecular weight is 506 g/mol. The van der Waals surface area contributed by atoms with Gasteiger partial charge in [0.2, 0.25) is 5.91 Å². The van der Waals surface area contributed by atoms with Gasteiger partial charge in [-0.15, -0.1) is 0 Å². The van der Waals surface area contributed by atoms with Crippen LogP contribution in [0.3, 0.4) is 0 Å². The Labute approximate surface area is 220 Å². The van der Waals surface area contributed by atoms with E-state index >= 15 is 0 Å². The highest BCUT2D eigenvalue weighted by Gasteiger charge is 2.26. The highest BCUT2D eigenvalue weighted by Crippen LogP contribution is 2.31. The molecular formula is C30H36ClN3O2. The minimum atomic E-state index is -0.205. The van der Waals surface area contributed by atoms with Crippen LogP contribution >= 0.6 is 11.6 Å². The van der Waals surface area contributed by atoms with Crippen molar-refractivity contribution in [2.75, 3.05) is 24.3 Å². The Morgan fingerprint density at radius 2 is 1.58 bits per heavy atom. The molecule has 3 aromatic rings. The molecule has 0 heterocycles. The molecule has 1 atom stereocenters. The molecule has 3 rings (SSSR count). The van der Waals surface area contributed by atoms with E-state index in [1.165, 1.54) is 0 Å². The Balaban J connectivity index is 2.01. The molecule has 0 aliphatic heterocycles. The molecule has 0 saturated heterocycles. The molecule has 3 aromatic carbocycles. The van der Waals surface area contributed by atoms with Crippen molar-refractivity contribution >= 4 is 34.8 Å². The molecular weight excluding hydrogens is 470 g/mol. The molecule has 0 aliphatic carbocycles. The molecule has 0 aromatic heterocycles. The fraction of sp³-hybridized carbons (Fsp3) is 0.333. The summed E-state index contributed by atoms with van der Waals surface area (Å²) in [5, 5.41) is 3.45. The van der Waals surface area contributed by atoms with E-state index in [1.807, 2.05) is 112 Å². The van der Waals surface area contributed by atoms with E-state index in [0.29, 0.717) is 29.2 Å². The van der Waals surface area contributed by atoms with Crippen LogP contribution in [0.1, 0.15) is 61.6 Å². The molecule has 1 N–H and O–H groups in total. The zero-order chi connectivity index (χ0) is 26.5. The van der Waals surface area contributed by atoms with Gasteiger partial charge in [-0.3, -0.25) is 9.59 Å². The highest BCUT2D eigenvalue weighted by molar-refractivity contribution is 6.33. The van der Waals surface area contributed by atoms with E-state index in [2.05, 4.69) is 5.32 Å². The van der Waals surface area contributed by atoms with Crippen molar-refractivity contribution in [3.8, 4) is 0 Å². The summed E-state index contributed by atoms with van der Waals surface area (Å²) in [5.41, 5.74) is 3.99. The van der Waals surface area contributed by atoms with Gasteiger partial charge in [-0.2, -0.15) is 0 Å². The Morgan fingerprint density at radius 3 is 2.19 bits per heavy atom. The number of nitrogens with zero attached hydrogens (tertiary/aromatic N) is 2. The van der Waals surface area contributed by atoms with Crippen molar-refractivity contribution in [2.45, 2.75) is 46.7 Å². The van der Waals surface area contributed by atoms with E-state index in [0.717, 1.165) is 16.8 Å². The van der Waals surface area contributed by atoms with Crippen molar-refractivity contribution in [3.05, 3.63) is 94.5 Å². The van der Waals surface area contributed by atoms with Gasteiger partial charge in [0.05, 0.1) is 16.6 Å². The van der Waals surface area contributed by atoms with Crippen molar-refractivity contribution < 1.29 is 9.59 Å². The van der Waals surface area contributed by atoms with Crippen molar-refractivity contribution in [1.29, 1.82) is 0 Å². The largest absolute Gasteiger partial charge is 0.377 e. The van der Waals surface area contributed by atoms with Gasteiger partial charge in [-0.1, -0.05) is 74.8 Å². The van der Waals surface area contributed by atoms with E-state index in [4.69, 9.17) is 11.6 Å². The molecule has 0 saturated carbocycles. The van der Waals surface area contributed by atoms with E-state index in [9.17, 15) is 9.59 Å². The maximum atomic E-state index is 13.8. The number of hydrogen-bond donors (Lipinski definition) is 1. The second-order valence-corrected chi connectivity index (χ2v) is 10.9. The summed E-state index contributed by atoms with van der Waals surface area (Å²) in [4.78, 5) is 30.3. The van der Waals surface area contributed by atoms with Crippen LogP contribution < -0.4 is 10.2 Å². The smallest absolute Gasteiger partial charge is 0.256 e. The van der Waals surface area contributed by atoms with E-state index < -0.39 is 0 Å². The fourth-order valence-electron chi connectivity index (χ4n) is 4.18. The third-order valence-corrected chi connectivity index (χ3v) is 6.32. The Kier molecular flexibility index (Phi) is 8.80. The van der Waals surface area contributed by atoms with Gasteiger partial charge in [-0.05, 0) is 53.8 Å². The average Bonchev–Trinajstić information content (AvgIpc) is 2.81. The summed E-state index contributed by atoms with van der Waals surface area (Å²) in [6.07, 6.45) is 0.417. The van der Waals surface area contributed by atoms with Gasteiger partial charge in [0, 0.05) is 38.4 Å². The van der Waals surface area contributed by atoms with Crippen LogP contribution in [-0.2, 0) is 11.3 Å². The summed E-state index contributed by atoms with van der Waals surface area (Å²) < 4.78 is 0. The first-order valence-electron chi connectivity index (χ1n) is 12.2. The summed E-state index contributed by atoms with van der Waals surface area (Å²) in [6.45, 7) is 8.48. The molecule has 0 fully saturated rings. The lowest BCUT2D eigenvalue weighted by molar-refractivity contribution is -0.117. The quantitative estimate of drug-likeness (QED) is 0.352. The van der Waals surface area contributed by atoms with Crippen molar-refractivity contribution in [1.82, 2.24) is 4.90 Å². The number of rotatable bonds is 8. The summed E-state index contributed by atoms with van der Waals surface area (Å²) in [6, 6.07) is 22.7. The maximum absolute atomic E-state index is 13.8. The topological polar surface area (TPSA) is 52.7 Å². The molecule has 0 radical (unpaired) electrons. The first-order chi connectivity index (χ1) is 17.0. The number of anilines is 2. The third-order valence-electron chi connectivity index (χ3n) is 5.99. The lowest BCUT2D eigenvalue weighted by Gasteiger charge is -2.32. The van der Waals surface area contributed by atoms with Crippen LogP contribution in [0, 0.1) is 5.41 Å². The molecule has 0 spiro atoms. The molecule has 0 aliphatic rings. The highest BCUT2D eigenvalue weighted by atomic mass is 35.5. The minimum absolute atomic E-state index is 0.0345. The van der Waals surface area contributed by atoms with Crippen molar-refractivity contribution in [2.24, 2.45) is 5.41 Å². The van der Waals surface area contributed by atoms with E-state index in [-0.39, 0.29) is 23.3 Å². The molecule has 5 nitrogen and oxygen atoms in total. The van der Waals surface area contributed by atoms with Gasteiger partial charge < -0.3 is 15.1 Å². The number of benzene rings is 3. The molecule has 0 unspecified atom stereocenters. The minimum Gasteiger partial charge on any atom is -0.377 e. The summed E-state index contributed by atoms with van der Waals surface area (Å²) in [5.74, 6) is -0.184. The summed E-state index contributed by atoms with van der Waals surface area (Å²) in [7, 11) is 3.94. The third kappa shape index (κ3) is 7.11. The monoisotopic (exact) mass is 505 g/mol. The molecule has 2 amide bonds. The second-order valence-electron chi connectivity index (χ2n) is 10.5. The molecule has 6 heteroatoms. The van der Waals surface area contributed by atoms with Crippen LogP contribution in [0.2, 0.25) is 5.02 Å². The zero-order valence-corrected chi connectivity index (χ0v) is 22.8. The van der Waals surface area contributed by atoms with Gasteiger partial charge in [-0.25, -0.2) is 0 Å². The lowest BCUT2D eigenvalue weighted by Crippen LogP contribution is -2.34. The molecule has 190 valence electrons. The van der Waals surface area contributed by atoms with Gasteiger partial charge in [0.15, 0.2) is 0 Å². The van der Waals surface area contributed by atoms with Crippen LogP contribution in [0.15, 0.2) is 72.8 Å². The van der Waals surface area contributed by atoms with Crippen LogP contribution in [-0.4, -0.2) is 30.8 Å². The van der Waals surface area contributed by atoms with Gasteiger partial charge in [0.25, 0.3) is 5.91 Å². The maximum Gasteiger partial charge on any atom is 0.256 e. The zero-order valence-electron chi connectivity index (χ0n) is 22.0. The van der Waals surface area contributed by atoms with Gasteiger partial charge in [0.1, 0.15) is 0 Å². The standard InChI is InChI=1S/C30H36ClN3O2/c1-21(22-12-8-7-9-13-22)34(29(36)25-14-10-11-15-26(25)31)20-23-18-24(16-17-27(23)33(5)6)32-28(35)19-30(2,3)4/h7-18,21H,19-20H2,1-6H3,(H,32,35)/t21-/m1/s1. The molecule has 0 bridgehead atoms. The predicted molar refractivity (Wildman–Crippen MR) is 150 cm³/mol. The predicted octanol–water partition coefficient (Wildman–Crippen LogP) is 7.18. The van der Waals surface area contributed by atoms with E-state index in [1.54, 1.807) is 12.1 Å². The van der Waals surface area contributed by atoms with Crippen LogP contribution in [0.4, 0.5) is 11.4 Å². The second kappa shape index (κ2) is 11.6. The van der Waals surface area contributed by atoms with Crippen LogP contribution in [0.25, 0.3) is 0 Å². The normalized spacial score (nSPS) is 12.1. The number of carbonyl (C=O) groups excluding carboxylic acids is 2. The summed E-state index contributed by atoms with van der Waals surface area (Å²) >= 11 is 6.43. The number of halogens is 1. The number of carbonyl (C=O) groups is 2. The Bertz CT molecular complexity index is 1200. The molecule has 36 heavy (non-hydrogen) atoms. The SMILES string of the molecule is C[C@H](c1ccccc1)N(Cc1cc(NC(=O)CC(C)(C)C)ccc1N(C)C)C(=O)c1ccccc1Cl. The first-order valence-corrected chi connectivity index (χ1v) is 12.5. The Morgan fingerprint density at radius 1 is 0.944 bits per heavy atom. The Hall–Kier alpha value is -3.31. The number of nitrogens with one attached hydrogen (secondary N) is 1. The van der Waals surface area contributed by atoms with Crippen LogP contribution in [0.5, 0.6) is 0 Å². The van der Waals surface area contributed by atoms with Crippen molar-refractivity contribution in [3.63, 3.8) is 0 Å². The first kappa shape index (κ1) is 27.3. The van der Waals surface area contributed by atoms with Gasteiger partial charge >= 0.3 is 0 Å². The number of amides is 2. The number of hydrogen-bond acceptors (Lipinski definition) is 3.